The molecule has 2 N–H and O–H groups in total. The number of anilines is 1. The third-order valence-corrected chi connectivity index (χ3v) is 3.75. The van der Waals surface area contributed by atoms with Crippen molar-refractivity contribution in [3.8, 4) is 17.2 Å². The molecule has 0 radical (unpaired) electrons. The van der Waals surface area contributed by atoms with Crippen LogP contribution < -0.4 is 5.73 Å². The molecule has 4 aromatic rings. The number of methoxy groups -OCH3 is 1. The minimum atomic E-state index is 0.140. The molecule has 0 amide bonds. The highest BCUT2D eigenvalue weighted by Gasteiger charge is 2.11. The Kier molecular flexibility index (Phi) is 4.54. The van der Waals surface area contributed by atoms with E-state index >= 15 is 0 Å². The molecule has 0 atom stereocenters. The molecule has 4 aromatic heterocycles. The highest BCUT2D eigenvalue weighted by Crippen LogP contribution is 2.17. The predicted octanol–water partition coefficient (Wildman–Crippen LogP) is 1.09. The molecule has 0 aliphatic heterocycles. The van der Waals surface area contributed by atoms with Gasteiger partial charge in [-0.3, -0.25) is 4.98 Å². The van der Waals surface area contributed by atoms with Gasteiger partial charge in [-0.2, -0.15) is 10.1 Å². The Labute approximate surface area is 154 Å². The molecule has 0 unspecified atom stereocenters. The van der Waals surface area contributed by atoms with Crippen molar-refractivity contribution in [2.24, 2.45) is 0 Å². The van der Waals surface area contributed by atoms with Crippen LogP contribution in [0.15, 0.2) is 48.9 Å². The van der Waals surface area contributed by atoms with E-state index in [1.54, 1.807) is 47.2 Å². The van der Waals surface area contributed by atoms with Gasteiger partial charge in [0, 0.05) is 25.6 Å². The van der Waals surface area contributed by atoms with Gasteiger partial charge in [0.2, 0.25) is 5.95 Å². The second-order valence-electron chi connectivity index (χ2n) is 5.77. The topological polar surface area (TPSA) is 122 Å². The number of aromatic nitrogens is 8. The van der Waals surface area contributed by atoms with Crippen molar-refractivity contribution in [3.05, 3.63) is 60.3 Å². The van der Waals surface area contributed by atoms with Gasteiger partial charge >= 0.3 is 0 Å². The fourth-order valence-corrected chi connectivity index (χ4v) is 2.61. The highest BCUT2D eigenvalue weighted by molar-refractivity contribution is 5.56. The van der Waals surface area contributed by atoms with E-state index in [1.165, 1.54) is 0 Å². The van der Waals surface area contributed by atoms with Gasteiger partial charge in [-0.25, -0.2) is 14.3 Å². The molecule has 136 valence electrons. The summed E-state index contributed by atoms with van der Waals surface area (Å²) in [4.78, 5) is 13.0. The van der Waals surface area contributed by atoms with Crippen molar-refractivity contribution in [2.75, 3.05) is 12.8 Å². The van der Waals surface area contributed by atoms with E-state index in [2.05, 4.69) is 30.4 Å². The highest BCUT2D eigenvalue weighted by atomic mass is 16.5. The summed E-state index contributed by atoms with van der Waals surface area (Å²) < 4.78 is 8.42. The maximum Gasteiger partial charge on any atom is 0.222 e. The standard InChI is InChI=1S/C17H17N9O/c1-27-11-13-5-2-4-12(20-13)9-25-10-15(23-24-25)14-8-16(22-17(18)21-14)26-7-3-6-19-26/h2-8,10H,9,11H2,1H3,(H2,18,21,22). The van der Waals surface area contributed by atoms with Crippen LogP contribution in [0.3, 0.4) is 0 Å². The zero-order valence-electron chi connectivity index (χ0n) is 14.6. The normalized spacial score (nSPS) is 11.0. The van der Waals surface area contributed by atoms with Crippen molar-refractivity contribution in [1.29, 1.82) is 0 Å². The van der Waals surface area contributed by atoms with E-state index in [1.807, 2.05) is 18.2 Å². The van der Waals surface area contributed by atoms with Crippen molar-refractivity contribution in [1.82, 2.24) is 39.7 Å². The smallest absolute Gasteiger partial charge is 0.222 e. The van der Waals surface area contributed by atoms with E-state index in [0.717, 1.165) is 11.4 Å². The summed E-state index contributed by atoms with van der Waals surface area (Å²) in [6, 6.07) is 9.35. The van der Waals surface area contributed by atoms with Crippen LogP contribution in [0.1, 0.15) is 11.4 Å². The Bertz CT molecular complexity index is 1040. The Morgan fingerprint density at radius 2 is 1.96 bits per heavy atom. The first kappa shape index (κ1) is 16.8. The second-order valence-corrected chi connectivity index (χ2v) is 5.77. The van der Waals surface area contributed by atoms with Crippen LogP contribution in [-0.4, -0.2) is 46.8 Å². The van der Waals surface area contributed by atoms with E-state index in [9.17, 15) is 0 Å². The van der Waals surface area contributed by atoms with Gasteiger partial charge in [-0.1, -0.05) is 11.3 Å². The number of ether oxygens (including phenoxy) is 1. The summed E-state index contributed by atoms with van der Waals surface area (Å²) in [5, 5.41) is 12.5. The molecule has 0 saturated carbocycles. The first-order chi connectivity index (χ1) is 13.2. The number of nitrogen functional groups attached to an aromatic ring is 1. The summed E-state index contributed by atoms with van der Waals surface area (Å²) in [5.41, 5.74) is 8.72. The van der Waals surface area contributed by atoms with E-state index in [0.29, 0.717) is 30.4 Å². The van der Waals surface area contributed by atoms with E-state index < -0.39 is 0 Å². The summed E-state index contributed by atoms with van der Waals surface area (Å²) >= 11 is 0. The predicted molar refractivity (Wildman–Crippen MR) is 96.6 cm³/mol. The minimum Gasteiger partial charge on any atom is -0.378 e. The third kappa shape index (κ3) is 3.80. The van der Waals surface area contributed by atoms with Gasteiger partial charge in [0.15, 0.2) is 5.82 Å². The molecule has 10 nitrogen and oxygen atoms in total. The average Bonchev–Trinajstić information content (AvgIpc) is 3.34. The SMILES string of the molecule is COCc1cccc(Cn2cc(-c3cc(-n4cccn4)nc(N)n3)nn2)n1. The Morgan fingerprint density at radius 1 is 1.07 bits per heavy atom. The minimum absolute atomic E-state index is 0.140. The van der Waals surface area contributed by atoms with Crippen molar-refractivity contribution < 1.29 is 4.74 Å². The fraction of sp³-hybridized carbons (Fsp3) is 0.176. The molecule has 0 aromatic carbocycles. The number of nitrogens with two attached hydrogens (primary N) is 1. The fourth-order valence-electron chi connectivity index (χ4n) is 2.61. The summed E-state index contributed by atoms with van der Waals surface area (Å²) in [6.45, 7) is 0.948. The van der Waals surface area contributed by atoms with Gasteiger partial charge in [0.25, 0.3) is 0 Å². The molecule has 0 spiro atoms. The first-order valence-electron chi connectivity index (χ1n) is 8.20. The van der Waals surface area contributed by atoms with Crippen molar-refractivity contribution in [2.45, 2.75) is 13.2 Å². The van der Waals surface area contributed by atoms with Crippen molar-refractivity contribution >= 4 is 5.95 Å². The lowest BCUT2D eigenvalue weighted by atomic mass is 10.3. The molecule has 27 heavy (non-hydrogen) atoms. The lowest BCUT2D eigenvalue weighted by Crippen LogP contribution is -2.05. The molecule has 0 fully saturated rings. The van der Waals surface area contributed by atoms with Crippen LogP contribution >= 0.6 is 0 Å². The zero-order valence-corrected chi connectivity index (χ0v) is 14.6. The van der Waals surface area contributed by atoms with Crippen LogP contribution in [0.5, 0.6) is 0 Å². The Balaban J connectivity index is 1.59. The van der Waals surface area contributed by atoms with E-state index in [4.69, 9.17) is 10.5 Å². The molecule has 0 aliphatic carbocycles. The number of rotatable bonds is 6. The molecule has 10 heteroatoms. The quantitative estimate of drug-likeness (QED) is 0.540. The molecule has 0 aliphatic rings. The number of nitrogens with zero attached hydrogens (tertiary/aromatic N) is 8. The molecule has 0 saturated heterocycles. The van der Waals surface area contributed by atoms with E-state index in [-0.39, 0.29) is 5.95 Å². The van der Waals surface area contributed by atoms with Gasteiger partial charge < -0.3 is 10.5 Å². The molecular formula is C17H17N9O. The van der Waals surface area contributed by atoms with Crippen LogP contribution in [0.25, 0.3) is 17.2 Å². The number of pyridine rings is 1. The van der Waals surface area contributed by atoms with Crippen molar-refractivity contribution in [3.63, 3.8) is 0 Å². The van der Waals surface area contributed by atoms with Gasteiger partial charge in [-0.15, -0.1) is 5.10 Å². The Hall–Kier alpha value is -3.66. The molecule has 4 heterocycles. The van der Waals surface area contributed by atoms with Crippen LogP contribution in [0.4, 0.5) is 5.95 Å². The van der Waals surface area contributed by atoms with Crippen LogP contribution in [0.2, 0.25) is 0 Å². The van der Waals surface area contributed by atoms with Gasteiger partial charge in [0.05, 0.1) is 36.4 Å². The second kappa shape index (κ2) is 7.30. The summed E-state index contributed by atoms with van der Waals surface area (Å²) in [6.07, 6.45) is 5.24. The summed E-state index contributed by atoms with van der Waals surface area (Å²) in [5.74, 6) is 0.701. The molecule has 0 bridgehead atoms. The van der Waals surface area contributed by atoms with Gasteiger partial charge in [0.1, 0.15) is 5.69 Å². The molecular weight excluding hydrogens is 346 g/mol. The maximum atomic E-state index is 5.84. The zero-order chi connectivity index (χ0) is 18.6. The van der Waals surface area contributed by atoms with Gasteiger partial charge in [-0.05, 0) is 18.2 Å². The average molecular weight is 363 g/mol. The lowest BCUT2D eigenvalue weighted by molar-refractivity contribution is 0.181. The Morgan fingerprint density at radius 3 is 2.78 bits per heavy atom. The van der Waals surface area contributed by atoms with Crippen LogP contribution in [-0.2, 0) is 17.9 Å². The maximum absolute atomic E-state index is 5.84. The number of hydrogen-bond donors (Lipinski definition) is 1. The first-order valence-corrected chi connectivity index (χ1v) is 8.20. The largest absolute Gasteiger partial charge is 0.378 e. The van der Waals surface area contributed by atoms with Crippen LogP contribution in [0, 0.1) is 0 Å². The lowest BCUT2D eigenvalue weighted by Gasteiger charge is -2.04. The number of hydrogen-bond acceptors (Lipinski definition) is 8. The monoisotopic (exact) mass is 363 g/mol. The molecule has 4 rings (SSSR count). The summed E-state index contributed by atoms with van der Waals surface area (Å²) in [7, 11) is 1.64. The third-order valence-electron chi connectivity index (χ3n) is 3.75.